The highest BCUT2D eigenvalue weighted by Gasteiger charge is 2.40. The number of hydrogen-bond acceptors (Lipinski definition) is 9. The molecule has 0 spiro atoms. The molecule has 2 N–H and O–H groups in total. The first-order chi connectivity index (χ1) is 19.1. The molecule has 0 aromatic heterocycles. The first-order valence-electron chi connectivity index (χ1n) is 11.4. The number of aromatic carboxylic acids is 1. The van der Waals surface area contributed by atoms with Crippen molar-refractivity contribution in [3.63, 3.8) is 0 Å². The number of carboxylic acids is 1. The second-order valence-electron chi connectivity index (χ2n) is 8.15. The molecule has 0 fully saturated rings. The van der Waals surface area contributed by atoms with Crippen LogP contribution in [0.5, 0.6) is 17.2 Å². The molecular weight excluding hydrogens is 565 g/mol. The Labute approximate surface area is 237 Å². The molecule has 11 nitrogen and oxygen atoms in total. The van der Waals surface area contributed by atoms with Gasteiger partial charge in [0.2, 0.25) is 0 Å². The molecule has 0 aliphatic carbocycles. The zero-order chi connectivity index (χ0) is 29.1. The summed E-state index contributed by atoms with van der Waals surface area (Å²) in [6.45, 7) is 0. The van der Waals surface area contributed by atoms with E-state index in [-0.39, 0.29) is 49.8 Å². The lowest BCUT2D eigenvalue weighted by Crippen LogP contribution is -2.32. The fraction of sp³-hybridized carbons (Fsp3) is 0.111. The van der Waals surface area contributed by atoms with Gasteiger partial charge in [-0.1, -0.05) is 23.2 Å². The van der Waals surface area contributed by atoms with Gasteiger partial charge in [-0.05, 0) is 42.5 Å². The van der Waals surface area contributed by atoms with Crippen molar-refractivity contribution < 1.29 is 38.5 Å². The lowest BCUT2D eigenvalue weighted by molar-refractivity contribution is -0.255. The van der Waals surface area contributed by atoms with Crippen molar-refractivity contribution in [2.24, 2.45) is 0 Å². The third-order valence-electron chi connectivity index (χ3n) is 5.83. The van der Waals surface area contributed by atoms with Crippen LogP contribution >= 0.6 is 23.2 Å². The first kappa shape index (κ1) is 28.3. The van der Waals surface area contributed by atoms with E-state index in [4.69, 9.17) is 37.4 Å². The summed E-state index contributed by atoms with van der Waals surface area (Å²) in [6.07, 6.45) is 0. The number of hydrogen-bond donors (Lipinski definition) is 2. The van der Waals surface area contributed by atoms with Crippen molar-refractivity contribution in [1.82, 2.24) is 0 Å². The van der Waals surface area contributed by atoms with Crippen LogP contribution in [-0.4, -0.2) is 45.0 Å². The van der Waals surface area contributed by atoms with Gasteiger partial charge >= 0.3 is 0 Å². The molecule has 0 bridgehead atoms. The molecule has 0 unspecified atom stereocenters. The van der Waals surface area contributed by atoms with Crippen molar-refractivity contribution in [2.75, 3.05) is 36.9 Å². The Bertz CT molecular complexity index is 1570. The number of rotatable bonds is 9. The number of nitrogens with one attached hydrogen (secondary N) is 2. The van der Waals surface area contributed by atoms with E-state index in [1.165, 1.54) is 63.8 Å². The number of carboxylic acid groups (broad SMARTS) is 1. The number of carbonyl (C=O) groups is 4. The molecule has 1 aliphatic heterocycles. The van der Waals surface area contributed by atoms with E-state index in [2.05, 4.69) is 10.6 Å². The monoisotopic (exact) mass is 584 g/mol. The van der Waals surface area contributed by atoms with Gasteiger partial charge in [0.1, 0.15) is 28.0 Å². The van der Waals surface area contributed by atoms with Crippen LogP contribution in [0.1, 0.15) is 20.7 Å². The van der Waals surface area contributed by atoms with Crippen molar-refractivity contribution >= 4 is 64.0 Å². The van der Waals surface area contributed by atoms with Crippen LogP contribution in [0.2, 0.25) is 5.02 Å². The summed E-state index contributed by atoms with van der Waals surface area (Å²) in [5.74, 6) is -2.83. The van der Waals surface area contributed by atoms with Gasteiger partial charge < -0.3 is 34.7 Å². The van der Waals surface area contributed by atoms with Gasteiger partial charge in [-0.2, -0.15) is 0 Å². The summed E-state index contributed by atoms with van der Waals surface area (Å²) >= 11 is 12.3. The van der Waals surface area contributed by atoms with Gasteiger partial charge in [0.05, 0.1) is 43.7 Å². The smallest absolute Gasteiger partial charge is 0.283 e. The number of amides is 3. The summed E-state index contributed by atoms with van der Waals surface area (Å²) in [7, 11) is 4.13. The molecule has 0 saturated carbocycles. The molecule has 3 amide bonds. The molecule has 0 saturated heterocycles. The van der Waals surface area contributed by atoms with Crippen molar-refractivity contribution in [3.8, 4) is 17.2 Å². The van der Waals surface area contributed by atoms with Crippen molar-refractivity contribution in [3.05, 3.63) is 81.5 Å². The number of halogens is 2. The summed E-state index contributed by atoms with van der Waals surface area (Å²) in [4.78, 5) is 50.9. The van der Waals surface area contributed by atoms with Crippen LogP contribution < -0.4 is 34.9 Å². The Balaban J connectivity index is 1.51. The van der Waals surface area contributed by atoms with Gasteiger partial charge in [0.15, 0.2) is 0 Å². The Hall–Kier alpha value is -4.74. The normalized spacial score (nSPS) is 12.9. The lowest BCUT2D eigenvalue weighted by atomic mass is 10.1. The number of imide groups is 1. The Morgan fingerprint density at radius 3 is 2.12 bits per heavy atom. The first-order valence-corrected chi connectivity index (χ1v) is 12.1. The maximum Gasteiger partial charge on any atom is 0.283 e. The molecule has 1 aliphatic rings. The predicted octanol–water partition coefficient (Wildman–Crippen LogP) is 3.42. The molecule has 3 aromatic carbocycles. The van der Waals surface area contributed by atoms with Gasteiger partial charge in [-0.3, -0.25) is 14.4 Å². The van der Waals surface area contributed by atoms with Gasteiger partial charge in [-0.25, -0.2) is 4.90 Å². The zero-order valence-corrected chi connectivity index (χ0v) is 22.7. The van der Waals surface area contributed by atoms with E-state index >= 15 is 0 Å². The number of anilines is 3. The minimum atomic E-state index is -1.48. The highest BCUT2D eigenvalue weighted by Crippen LogP contribution is 2.38. The maximum atomic E-state index is 13.2. The molecule has 0 radical (unpaired) electrons. The minimum Gasteiger partial charge on any atom is -0.545 e. The molecular formula is C27H20Cl2N3O8-. The summed E-state index contributed by atoms with van der Waals surface area (Å²) in [5.41, 5.74) is 0.460. The topological polar surface area (TPSA) is 146 Å². The zero-order valence-electron chi connectivity index (χ0n) is 21.2. The highest BCUT2D eigenvalue weighted by molar-refractivity contribution is 6.53. The van der Waals surface area contributed by atoms with E-state index in [1.807, 2.05) is 0 Å². The number of carbonyl (C=O) groups excluding carboxylic acids is 4. The Morgan fingerprint density at radius 2 is 1.52 bits per heavy atom. The molecule has 206 valence electrons. The highest BCUT2D eigenvalue weighted by atomic mass is 35.5. The quantitative estimate of drug-likeness (QED) is 0.361. The predicted molar refractivity (Wildman–Crippen MR) is 145 cm³/mol. The average molecular weight is 585 g/mol. The van der Waals surface area contributed by atoms with Crippen LogP contribution in [-0.2, 0) is 9.59 Å². The lowest BCUT2D eigenvalue weighted by Gasteiger charge is -2.18. The summed E-state index contributed by atoms with van der Waals surface area (Å²) in [6, 6.07) is 12.9. The molecule has 0 atom stereocenters. The molecule has 1 heterocycles. The fourth-order valence-corrected chi connectivity index (χ4v) is 4.24. The fourth-order valence-electron chi connectivity index (χ4n) is 3.82. The summed E-state index contributed by atoms with van der Waals surface area (Å²) < 4.78 is 15.5. The standard InChI is InChI=1S/C27H21Cl2N3O8/c1-38-15-8-9-19(21(10-15)40-3)32-25(34)22(29)23(26(32)35)30-14-6-4-13(5-7-14)24(33)31-18-12-20(39-2)16(27(36)37)11-17(18)28/h4-12,30H,1-3H3,(H,31,33)(H,36,37)/p-1. The average Bonchev–Trinajstić information content (AvgIpc) is 3.16. The number of benzene rings is 3. The minimum absolute atomic E-state index is 0.0318. The Kier molecular flexibility index (Phi) is 8.17. The largest absolute Gasteiger partial charge is 0.545 e. The van der Waals surface area contributed by atoms with Crippen LogP contribution in [0, 0.1) is 0 Å². The van der Waals surface area contributed by atoms with Gasteiger partial charge in [0.25, 0.3) is 17.7 Å². The molecule has 3 aromatic rings. The van der Waals surface area contributed by atoms with E-state index < -0.39 is 23.7 Å². The molecule has 40 heavy (non-hydrogen) atoms. The SMILES string of the molecule is COc1ccc(N2C(=O)C(Cl)=C(Nc3ccc(C(=O)Nc4cc(OC)c(C(=O)[O-])cc4Cl)cc3)C2=O)c(OC)c1. The number of methoxy groups -OCH3 is 3. The summed E-state index contributed by atoms with van der Waals surface area (Å²) in [5, 5.41) is 16.3. The van der Waals surface area contributed by atoms with Crippen LogP contribution in [0.3, 0.4) is 0 Å². The molecule has 4 rings (SSSR count). The van der Waals surface area contributed by atoms with Crippen molar-refractivity contribution in [2.45, 2.75) is 0 Å². The number of ether oxygens (including phenoxy) is 3. The Morgan fingerprint density at radius 1 is 0.850 bits per heavy atom. The van der Waals surface area contributed by atoms with Gasteiger partial charge in [-0.15, -0.1) is 0 Å². The number of nitrogens with zero attached hydrogens (tertiary/aromatic N) is 1. The van der Waals surface area contributed by atoms with Crippen LogP contribution in [0.4, 0.5) is 17.1 Å². The third-order valence-corrected chi connectivity index (χ3v) is 6.49. The van der Waals surface area contributed by atoms with E-state index in [1.54, 1.807) is 6.07 Å². The van der Waals surface area contributed by atoms with E-state index in [0.29, 0.717) is 11.4 Å². The molecule has 13 heteroatoms. The van der Waals surface area contributed by atoms with Crippen molar-refractivity contribution in [1.29, 1.82) is 0 Å². The second kappa shape index (κ2) is 11.6. The van der Waals surface area contributed by atoms with Gasteiger partial charge in [0, 0.05) is 28.9 Å². The van der Waals surface area contributed by atoms with Crippen LogP contribution in [0.15, 0.2) is 65.3 Å². The van der Waals surface area contributed by atoms with Crippen LogP contribution in [0.25, 0.3) is 0 Å². The maximum absolute atomic E-state index is 13.2. The second-order valence-corrected chi connectivity index (χ2v) is 8.93. The van der Waals surface area contributed by atoms with E-state index in [9.17, 15) is 24.3 Å². The van der Waals surface area contributed by atoms with E-state index in [0.717, 1.165) is 11.0 Å². The third kappa shape index (κ3) is 5.37.